The van der Waals surface area contributed by atoms with Gasteiger partial charge in [0.25, 0.3) is 0 Å². The topological polar surface area (TPSA) is 29.1 Å². The van der Waals surface area contributed by atoms with Gasteiger partial charge in [0.1, 0.15) is 0 Å². The van der Waals surface area contributed by atoms with Crippen LogP contribution >= 0.6 is 12.4 Å². The third-order valence-corrected chi connectivity index (χ3v) is 2.47. The molecule has 2 nitrogen and oxygen atoms in total. The minimum Gasteiger partial charge on any atom is -0.310 e. The van der Waals surface area contributed by atoms with E-state index in [0.717, 1.165) is 11.1 Å². The molecule has 0 saturated heterocycles. The van der Waals surface area contributed by atoms with Gasteiger partial charge in [-0.1, -0.05) is 23.8 Å². The molecule has 0 radical (unpaired) electrons. The lowest BCUT2D eigenvalue weighted by molar-refractivity contribution is 0.0954. The van der Waals surface area contributed by atoms with Crippen LogP contribution in [-0.2, 0) is 0 Å². The van der Waals surface area contributed by atoms with Gasteiger partial charge in [-0.2, -0.15) is 0 Å². The highest BCUT2D eigenvalue weighted by Gasteiger charge is 2.14. The van der Waals surface area contributed by atoms with E-state index in [9.17, 15) is 4.79 Å². The van der Waals surface area contributed by atoms with Crippen molar-refractivity contribution >= 4 is 18.2 Å². The molecular weight excluding hydrogens is 210 g/mol. The number of nitrogens with one attached hydrogen (secondary N) is 1. The van der Waals surface area contributed by atoms with Crippen molar-refractivity contribution in [2.45, 2.75) is 26.8 Å². The van der Waals surface area contributed by atoms with E-state index in [2.05, 4.69) is 5.32 Å². The number of aryl methyl sites for hydroxylation is 2. The maximum Gasteiger partial charge on any atom is 0.179 e. The highest BCUT2D eigenvalue weighted by molar-refractivity contribution is 6.01. The second-order valence-corrected chi connectivity index (χ2v) is 3.69. The molecule has 0 amide bonds. The Kier molecular flexibility index (Phi) is 5.55. The summed E-state index contributed by atoms with van der Waals surface area (Å²) in [6, 6.07) is 5.80. The second-order valence-electron chi connectivity index (χ2n) is 3.69. The van der Waals surface area contributed by atoms with Crippen molar-refractivity contribution in [3.63, 3.8) is 0 Å². The van der Waals surface area contributed by atoms with Gasteiger partial charge in [-0.15, -0.1) is 12.4 Å². The molecule has 0 spiro atoms. The molecule has 1 aromatic carbocycles. The van der Waals surface area contributed by atoms with Crippen molar-refractivity contribution in [2.24, 2.45) is 0 Å². The lowest BCUT2D eigenvalue weighted by Crippen LogP contribution is -2.31. The van der Waals surface area contributed by atoms with Crippen molar-refractivity contribution in [1.82, 2.24) is 5.32 Å². The molecule has 1 atom stereocenters. The van der Waals surface area contributed by atoms with E-state index in [4.69, 9.17) is 0 Å². The van der Waals surface area contributed by atoms with Crippen LogP contribution < -0.4 is 5.32 Å². The van der Waals surface area contributed by atoms with Crippen LogP contribution in [0.25, 0.3) is 0 Å². The molecular formula is C12H18ClNO. The standard InChI is InChI=1S/C12H17NO.ClH/c1-8-5-6-11(9(2)7-8)12(14)10(3)13-4;/h5-7,10,13H,1-4H3;1H. The van der Waals surface area contributed by atoms with Crippen molar-refractivity contribution in [3.05, 3.63) is 34.9 Å². The highest BCUT2D eigenvalue weighted by atomic mass is 35.5. The van der Waals surface area contributed by atoms with Gasteiger partial charge in [-0.25, -0.2) is 0 Å². The lowest BCUT2D eigenvalue weighted by atomic mass is 9.99. The molecule has 15 heavy (non-hydrogen) atoms. The zero-order valence-electron chi connectivity index (χ0n) is 9.63. The lowest BCUT2D eigenvalue weighted by Gasteiger charge is -2.11. The van der Waals surface area contributed by atoms with E-state index in [1.165, 1.54) is 5.56 Å². The summed E-state index contributed by atoms with van der Waals surface area (Å²) < 4.78 is 0. The Balaban J connectivity index is 0.00000196. The van der Waals surface area contributed by atoms with Crippen LogP contribution in [0.5, 0.6) is 0 Å². The number of carbonyl (C=O) groups is 1. The largest absolute Gasteiger partial charge is 0.310 e. The number of ketones is 1. The summed E-state index contributed by atoms with van der Waals surface area (Å²) in [5.41, 5.74) is 3.06. The predicted molar refractivity (Wildman–Crippen MR) is 66.0 cm³/mol. The van der Waals surface area contributed by atoms with Crippen LogP contribution in [0.2, 0.25) is 0 Å². The molecule has 0 fully saturated rings. The van der Waals surface area contributed by atoms with Crippen molar-refractivity contribution in [1.29, 1.82) is 0 Å². The van der Waals surface area contributed by atoms with Crippen LogP contribution in [0.1, 0.15) is 28.4 Å². The summed E-state index contributed by atoms with van der Waals surface area (Å²) in [5, 5.41) is 2.96. The Hall–Kier alpha value is -0.860. The molecule has 3 heteroatoms. The van der Waals surface area contributed by atoms with Gasteiger partial charge in [-0.05, 0) is 33.4 Å². The number of rotatable bonds is 3. The van der Waals surface area contributed by atoms with Crippen molar-refractivity contribution in [3.8, 4) is 0 Å². The number of carbonyl (C=O) groups excluding carboxylic acids is 1. The Morgan fingerprint density at radius 2 is 1.93 bits per heavy atom. The molecule has 0 aliphatic carbocycles. The SMILES string of the molecule is CNC(C)C(=O)c1ccc(C)cc1C.Cl. The molecule has 1 unspecified atom stereocenters. The van der Waals surface area contributed by atoms with Crippen LogP contribution in [0.15, 0.2) is 18.2 Å². The summed E-state index contributed by atoms with van der Waals surface area (Å²) in [7, 11) is 1.80. The highest BCUT2D eigenvalue weighted by Crippen LogP contribution is 2.12. The average Bonchev–Trinajstić information content (AvgIpc) is 2.15. The summed E-state index contributed by atoms with van der Waals surface area (Å²) in [6.45, 7) is 5.88. The molecule has 0 bridgehead atoms. The van der Waals surface area contributed by atoms with Gasteiger partial charge in [0, 0.05) is 5.56 Å². The fourth-order valence-corrected chi connectivity index (χ4v) is 1.45. The molecule has 1 rings (SSSR count). The number of hydrogen-bond donors (Lipinski definition) is 1. The maximum atomic E-state index is 11.8. The minimum absolute atomic E-state index is 0. The van der Waals surface area contributed by atoms with E-state index >= 15 is 0 Å². The smallest absolute Gasteiger partial charge is 0.179 e. The van der Waals surface area contributed by atoms with E-state index in [-0.39, 0.29) is 24.2 Å². The van der Waals surface area contributed by atoms with Gasteiger partial charge in [0.05, 0.1) is 6.04 Å². The van der Waals surface area contributed by atoms with Gasteiger partial charge in [0.15, 0.2) is 5.78 Å². The third-order valence-electron chi connectivity index (χ3n) is 2.47. The first-order valence-corrected chi connectivity index (χ1v) is 4.85. The summed E-state index contributed by atoms with van der Waals surface area (Å²) in [4.78, 5) is 11.8. The number of benzene rings is 1. The first-order valence-electron chi connectivity index (χ1n) is 4.85. The average molecular weight is 228 g/mol. The van der Waals surface area contributed by atoms with Crippen molar-refractivity contribution < 1.29 is 4.79 Å². The molecule has 1 aromatic rings. The molecule has 0 aliphatic rings. The summed E-state index contributed by atoms with van der Waals surface area (Å²) >= 11 is 0. The van der Waals surface area contributed by atoms with Gasteiger partial charge in [0.2, 0.25) is 0 Å². The summed E-state index contributed by atoms with van der Waals surface area (Å²) in [6.07, 6.45) is 0. The van der Waals surface area contributed by atoms with E-state index < -0.39 is 0 Å². The number of likely N-dealkylation sites (N-methyl/N-ethyl adjacent to an activating group) is 1. The zero-order valence-corrected chi connectivity index (χ0v) is 10.4. The van der Waals surface area contributed by atoms with Crippen LogP contribution in [0.4, 0.5) is 0 Å². The Morgan fingerprint density at radius 1 is 1.33 bits per heavy atom. The van der Waals surface area contributed by atoms with Crippen molar-refractivity contribution in [2.75, 3.05) is 7.05 Å². The van der Waals surface area contributed by atoms with Crippen LogP contribution in [0, 0.1) is 13.8 Å². The zero-order chi connectivity index (χ0) is 10.7. The predicted octanol–water partition coefficient (Wildman–Crippen LogP) is 2.52. The third kappa shape index (κ3) is 3.33. The fraction of sp³-hybridized carbons (Fsp3) is 0.417. The quantitative estimate of drug-likeness (QED) is 0.805. The second kappa shape index (κ2) is 5.89. The number of hydrogen-bond acceptors (Lipinski definition) is 2. The van der Waals surface area contributed by atoms with Gasteiger partial charge in [-0.3, -0.25) is 4.79 Å². The van der Waals surface area contributed by atoms with Gasteiger partial charge < -0.3 is 5.32 Å². The molecule has 0 saturated carbocycles. The Morgan fingerprint density at radius 3 is 2.40 bits per heavy atom. The van der Waals surface area contributed by atoms with Crippen LogP contribution in [0.3, 0.4) is 0 Å². The maximum absolute atomic E-state index is 11.8. The van der Waals surface area contributed by atoms with Crippen LogP contribution in [-0.4, -0.2) is 18.9 Å². The molecule has 0 aliphatic heterocycles. The van der Waals surface area contributed by atoms with E-state index in [0.29, 0.717) is 0 Å². The first-order chi connectivity index (χ1) is 6.56. The van der Waals surface area contributed by atoms with E-state index in [1.54, 1.807) is 7.05 Å². The Bertz CT molecular complexity index is 349. The summed E-state index contributed by atoms with van der Waals surface area (Å²) in [5.74, 6) is 0.157. The Labute approximate surface area is 97.5 Å². The normalized spacial score (nSPS) is 11.7. The first kappa shape index (κ1) is 14.1. The fourth-order valence-electron chi connectivity index (χ4n) is 1.45. The number of Topliss-reactive ketones (excluding diaryl/α,β-unsaturated/α-hetero) is 1. The van der Waals surface area contributed by atoms with E-state index in [1.807, 2.05) is 39.0 Å². The minimum atomic E-state index is -0.114. The van der Waals surface area contributed by atoms with Gasteiger partial charge >= 0.3 is 0 Å². The molecule has 1 N–H and O–H groups in total. The molecule has 84 valence electrons. The molecule has 0 aromatic heterocycles. The molecule has 0 heterocycles. The monoisotopic (exact) mass is 227 g/mol. The number of halogens is 1.